The molecule has 84 valence electrons. The average molecular weight is 234 g/mol. The lowest BCUT2D eigenvalue weighted by atomic mass is 10.1. The monoisotopic (exact) mass is 234 g/mol. The van der Waals surface area contributed by atoms with Crippen LogP contribution in [0.4, 0.5) is 0 Å². The van der Waals surface area contributed by atoms with Crippen molar-refractivity contribution in [1.29, 1.82) is 0 Å². The maximum atomic E-state index is 11.8. The predicted molar refractivity (Wildman–Crippen MR) is 65.5 cm³/mol. The first-order valence-electron chi connectivity index (χ1n) is 5.03. The summed E-state index contributed by atoms with van der Waals surface area (Å²) >= 11 is 0. The van der Waals surface area contributed by atoms with E-state index in [4.69, 9.17) is 0 Å². The summed E-state index contributed by atoms with van der Waals surface area (Å²) in [5.41, 5.74) is 0.247. The van der Waals surface area contributed by atoms with Crippen LogP contribution in [0, 0.1) is 0 Å². The smallest absolute Gasteiger partial charge is 0.0673 e. The minimum atomic E-state index is -1.71. The van der Waals surface area contributed by atoms with Crippen molar-refractivity contribution in [2.45, 2.75) is 26.3 Å². The number of hydrogen-bond donors (Lipinski definition) is 0. The normalized spacial score (nSPS) is 26.0. The molecule has 0 spiro atoms. The van der Waals surface area contributed by atoms with Gasteiger partial charge in [0.2, 0.25) is 0 Å². The minimum Gasteiger partial charge on any atom is -0.296 e. The van der Waals surface area contributed by atoms with Crippen LogP contribution >= 0.6 is 0 Å². The third-order valence-electron chi connectivity index (χ3n) is 2.73. The molecule has 0 aromatic rings. The molecular formula is C9H22N2OSSi. The van der Waals surface area contributed by atoms with Gasteiger partial charge >= 0.3 is 0 Å². The second-order valence-electron chi connectivity index (χ2n) is 5.05. The highest BCUT2D eigenvalue weighted by atomic mass is 32.3. The lowest BCUT2D eigenvalue weighted by Gasteiger charge is -2.42. The van der Waals surface area contributed by atoms with Gasteiger partial charge in [-0.15, -0.1) is 0 Å². The van der Waals surface area contributed by atoms with Gasteiger partial charge in [0.05, 0.1) is 8.95 Å². The van der Waals surface area contributed by atoms with Gasteiger partial charge in [0, 0.05) is 38.0 Å². The van der Waals surface area contributed by atoms with Gasteiger partial charge in [0.1, 0.15) is 0 Å². The van der Waals surface area contributed by atoms with Gasteiger partial charge in [-0.2, -0.15) is 0 Å². The Morgan fingerprint density at radius 3 is 1.86 bits per heavy atom. The zero-order chi connectivity index (χ0) is 11.0. The fourth-order valence-electron chi connectivity index (χ4n) is 1.75. The molecular weight excluding hydrogens is 212 g/mol. The molecule has 1 atom stereocenters. The van der Waals surface area contributed by atoms with Crippen LogP contribution in [0.2, 0.25) is 0 Å². The van der Waals surface area contributed by atoms with Crippen molar-refractivity contribution in [2.24, 2.45) is 0 Å². The van der Waals surface area contributed by atoms with Crippen LogP contribution in [0.5, 0.6) is 0 Å². The molecule has 3 nitrogen and oxygen atoms in total. The largest absolute Gasteiger partial charge is 0.296 e. The molecule has 0 N–H and O–H groups in total. The van der Waals surface area contributed by atoms with Crippen LogP contribution in [0.25, 0.3) is 0 Å². The van der Waals surface area contributed by atoms with Crippen LogP contribution in [-0.4, -0.2) is 60.3 Å². The molecule has 1 unspecified atom stereocenters. The summed E-state index contributed by atoms with van der Waals surface area (Å²) in [5.74, 6) is 0. The molecule has 1 aliphatic heterocycles. The Morgan fingerprint density at radius 2 is 1.57 bits per heavy atom. The van der Waals surface area contributed by atoms with Crippen LogP contribution < -0.4 is 0 Å². The van der Waals surface area contributed by atoms with E-state index in [1.807, 2.05) is 6.26 Å². The fourth-order valence-corrected chi connectivity index (χ4v) is 3.46. The summed E-state index contributed by atoms with van der Waals surface area (Å²) in [6.07, 6.45) is 1.85. The Kier molecular flexibility index (Phi) is 3.56. The lowest BCUT2D eigenvalue weighted by Crippen LogP contribution is -2.54. The van der Waals surface area contributed by atoms with Crippen molar-refractivity contribution in [3.63, 3.8) is 0 Å². The van der Waals surface area contributed by atoms with E-state index in [2.05, 4.69) is 30.0 Å². The molecule has 0 amide bonds. The second kappa shape index (κ2) is 4.04. The van der Waals surface area contributed by atoms with Crippen LogP contribution in [0.15, 0.2) is 0 Å². The molecule has 0 aliphatic carbocycles. The highest BCUT2D eigenvalue weighted by Gasteiger charge is 2.27. The van der Waals surface area contributed by atoms with Crippen LogP contribution in [0.1, 0.15) is 20.8 Å². The molecule has 1 rings (SSSR count). The van der Waals surface area contributed by atoms with Crippen molar-refractivity contribution in [1.82, 2.24) is 9.21 Å². The molecule has 1 fully saturated rings. The van der Waals surface area contributed by atoms with Crippen LogP contribution in [0.3, 0.4) is 0 Å². The number of rotatable bonds is 1. The van der Waals surface area contributed by atoms with E-state index >= 15 is 0 Å². The highest BCUT2D eigenvalue weighted by molar-refractivity contribution is 8.02. The van der Waals surface area contributed by atoms with Crippen molar-refractivity contribution >= 4 is 18.1 Å². The molecule has 0 saturated carbocycles. The summed E-state index contributed by atoms with van der Waals surface area (Å²) in [7, 11) is -0.0865. The van der Waals surface area contributed by atoms with Crippen LogP contribution in [-0.2, 0) is 9.12 Å². The zero-order valence-electron chi connectivity index (χ0n) is 9.75. The molecule has 1 heterocycles. The molecule has 0 aromatic heterocycles. The third-order valence-corrected chi connectivity index (χ3v) is 5.29. The zero-order valence-corrected chi connectivity index (χ0v) is 12.0. The maximum Gasteiger partial charge on any atom is 0.0673 e. The van der Waals surface area contributed by atoms with Crippen molar-refractivity contribution in [3.05, 3.63) is 0 Å². The lowest BCUT2D eigenvalue weighted by molar-refractivity contribution is 0.0940. The Hall–Kier alpha value is 0.287. The van der Waals surface area contributed by atoms with E-state index in [1.54, 1.807) is 8.95 Å². The van der Waals surface area contributed by atoms with Gasteiger partial charge in [-0.1, -0.05) is 0 Å². The first kappa shape index (κ1) is 12.4. The van der Waals surface area contributed by atoms with E-state index in [0.29, 0.717) is 0 Å². The molecule has 0 bridgehead atoms. The SMILES string of the molecule is CC(C)(C)N1CCN(S(C)(=O)=[SiH2])CC1. The fraction of sp³-hybridized carbons (Fsp3) is 1.00. The Balaban J connectivity index is 2.56. The van der Waals surface area contributed by atoms with Gasteiger partial charge in [-0.25, -0.2) is 4.31 Å². The second-order valence-corrected chi connectivity index (χ2v) is 10.7. The number of piperazine rings is 1. The van der Waals surface area contributed by atoms with E-state index in [-0.39, 0.29) is 5.54 Å². The standard InChI is InChI=1S/C9H22N2OSSi/c1-9(2,3)10-5-7-11(8-6-10)13(4,12)14/h5-8,14H2,1-4H3. The third kappa shape index (κ3) is 3.15. The summed E-state index contributed by atoms with van der Waals surface area (Å²) in [5, 5.41) is 0. The minimum absolute atomic E-state index is 0.247. The molecule has 0 radical (unpaired) electrons. The Bertz CT molecular complexity index is 286. The van der Waals surface area contributed by atoms with Gasteiger partial charge < -0.3 is 0 Å². The van der Waals surface area contributed by atoms with Crippen molar-refractivity contribution < 1.29 is 4.21 Å². The summed E-state index contributed by atoms with van der Waals surface area (Å²) in [6.45, 7) is 10.7. The van der Waals surface area contributed by atoms with E-state index in [1.165, 1.54) is 0 Å². The summed E-state index contributed by atoms with van der Waals surface area (Å²) in [4.78, 5) is 2.46. The molecule has 1 aliphatic rings. The van der Waals surface area contributed by atoms with Gasteiger partial charge in [-0.05, 0) is 29.9 Å². The number of nitrogens with zero attached hydrogens (tertiary/aromatic N) is 2. The molecule has 1 saturated heterocycles. The molecule has 5 heteroatoms. The van der Waals surface area contributed by atoms with Gasteiger partial charge in [0.25, 0.3) is 0 Å². The quantitative estimate of drug-likeness (QED) is 0.586. The van der Waals surface area contributed by atoms with Crippen molar-refractivity contribution in [2.75, 3.05) is 32.4 Å². The Labute approximate surface area is 90.6 Å². The molecule has 14 heavy (non-hydrogen) atoms. The highest BCUT2D eigenvalue weighted by Crippen LogP contribution is 2.16. The topological polar surface area (TPSA) is 23.6 Å². The average Bonchev–Trinajstić information content (AvgIpc) is 2.01. The summed E-state index contributed by atoms with van der Waals surface area (Å²) < 4.78 is 13.9. The first-order chi connectivity index (χ1) is 6.21. The maximum absolute atomic E-state index is 11.8. The predicted octanol–water partition coefficient (Wildman–Crippen LogP) is -0.220. The number of hydrogen-bond acceptors (Lipinski definition) is 2. The van der Waals surface area contributed by atoms with Gasteiger partial charge in [-0.3, -0.25) is 9.11 Å². The van der Waals surface area contributed by atoms with Crippen molar-refractivity contribution in [3.8, 4) is 0 Å². The van der Waals surface area contributed by atoms with E-state index < -0.39 is 9.12 Å². The molecule has 0 aromatic carbocycles. The summed E-state index contributed by atoms with van der Waals surface area (Å²) in [6, 6.07) is 0. The first-order valence-corrected chi connectivity index (χ1v) is 8.86. The van der Waals surface area contributed by atoms with E-state index in [9.17, 15) is 4.21 Å². The van der Waals surface area contributed by atoms with Gasteiger partial charge in [0.15, 0.2) is 0 Å². The van der Waals surface area contributed by atoms with E-state index in [0.717, 1.165) is 26.2 Å². The Morgan fingerprint density at radius 1 is 1.14 bits per heavy atom.